The van der Waals surface area contributed by atoms with E-state index in [1.807, 2.05) is 12.2 Å². The lowest BCUT2D eigenvalue weighted by Crippen LogP contribution is -2.22. The summed E-state index contributed by atoms with van der Waals surface area (Å²) in [5.41, 5.74) is 0.832. The Labute approximate surface area is 124 Å². The van der Waals surface area contributed by atoms with E-state index < -0.39 is 6.09 Å². The van der Waals surface area contributed by atoms with Crippen molar-refractivity contribution in [3.05, 3.63) is 36.0 Å². The monoisotopic (exact) mass is 291 g/mol. The lowest BCUT2D eigenvalue weighted by Gasteiger charge is -2.18. The number of hydrogen-bond donors (Lipinski definition) is 1. The fourth-order valence-electron chi connectivity index (χ4n) is 2.81. The van der Waals surface area contributed by atoms with Crippen LogP contribution in [-0.2, 0) is 14.3 Å². The lowest BCUT2D eigenvalue weighted by molar-refractivity contribution is -0.143. The van der Waals surface area contributed by atoms with Crippen LogP contribution in [0.4, 0.5) is 4.79 Å². The molecule has 2 unspecified atom stereocenters. The summed E-state index contributed by atoms with van der Waals surface area (Å²) in [6.45, 7) is 0.280. The van der Waals surface area contributed by atoms with Crippen molar-refractivity contribution in [2.45, 2.75) is 19.3 Å². The SMILES string of the molecule is CNC(=O)OCCC1(C2=CC=CCC=C2)CC1C(=O)OC. The molecule has 2 aliphatic carbocycles. The Morgan fingerprint density at radius 2 is 2.24 bits per heavy atom. The summed E-state index contributed by atoms with van der Waals surface area (Å²) in [7, 11) is 2.93. The van der Waals surface area contributed by atoms with Crippen molar-refractivity contribution in [1.82, 2.24) is 5.32 Å². The van der Waals surface area contributed by atoms with Crippen molar-refractivity contribution in [1.29, 1.82) is 0 Å². The predicted molar refractivity (Wildman–Crippen MR) is 78.6 cm³/mol. The quantitative estimate of drug-likeness (QED) is 0.790. The average molecular weight is 291 g/mol. The summed E-state index contributed by atoms with van der Waals surface area (Å²) in [5.74, 6) is -0.351. The molecule has 1 N–H and O–H groups in total. The van der Waals surface area contributed by atoms with Gasteiger partial charge in [-0.25, -0.2) is 4.79 Å². The van der Waals surface area contributed by atoms with Gasteiger partial charge in [0.2, 0.25) is 0 Å². The van der Waals surface area contributed by atoms with Crippen molar-refractivity contribution >= 4 is 12.1 Å². The number of hydrogen-bond acceptors (Lipinski definition) is 4. The highest BCUT2D eigenvalue weighted by molar-refractivity contribution is 5.78. The van der Waals surface area contributed by atoms with Gasteiger partial charge in [0, 0.05) is 12.5 Å². The molecule has 1 saturated carbocycles. The van der Waals surface area contributed by atoms with Gasteiger partial charge in [0.05, 0.1) is 19.6 Å². The molecule has 114 valence electrons. The Morgan fingerprint density at radius 1 is 1.43 bits per heavy atom. The van der Waals surface area contributed by atoms with E-state index in [0.717, 1.165) is 18.4 Å². The number of methoxy groups -OCH3 is 1. The topological polar surface area (TPSA) is 64.6 Å². The van der Waals surface area contributed by atoms with Crippen LogP contribution < -0.4 is 5.32 Å². The first kappa shape index (κ1) is 15.4. The Morgan fingerprint density at radius 3 is 2.95 bits per heavy atom. The third-order valence-electron chi connectivity index (χ3n) is 4.10. The number of amides is 1. The summed E-state index contributed by atoms with van der Waals surface area (Å²) in [4.78, 5) is 23.0. The zero-order valence-corrected chi connectivity index (χ0v) is 12.4. The maximum absolute atomic E-state index is 11.9. The first-order valence-corrected chi connectivity index (χ1v) is 7.10. The second-order valence-corrected chi connectivity index (χ2v) is 5.26. The van der Waals surface area contributed by atoms with E-state index >= 15 is 0 Å². The van der Waals surface area contributed by atoms with Gasteiger partial charge in [-0.2, -0.15) is 0 Å². The smallest absolute Gasteiger partial charge is 0.406 e. The van der Waals surface area contributed by atoms with Crippen LogP contribution in [-0.4, -0.2) is 32.8 Å². The Bertz CT molecular complexity index is 506. The number of allylic oxidation sites excluding steroid dienone is 6. The average Bonchev–Trinajstić information content (AvgIpc) is 3.26. The molecule has 0 heterocycles. The van der Waals surface area contributed by atoms with Gasteiger partial charge < -0.3 is 14.8 Å². The van der Waals surface area contributed by atoms with Gasteiger partial charge >= 0.3 is 12.1 Å². The number of rotatable bonds is 5. The first-order chi connectivity index (χ1) is 10.1. The van der Waals surface area contributed by atoms with Crippen LogP contribution in [0.15, 0.2) is 36.0 Å². The van der Waals surface area contributed by atoms with Crippen LogP contribution in [0, 0.1) is 11.3 Å². The molecule has 2 atom stereocenters. The van der Waals surface area contributed by atoms with Crippen molar-refractivity contribution < 1.29 is 19.1 Å². The molecule has 2 rings (SSSR count). The normalized spacial score (nSPS) is 26.6. The Balaban J connectivity index is 2.09. The summed E-state index contributed by atoms with van der Waals surface area (Å²) in [6, 6.07) is 0. The fraction of sp³-hybridized carbons (Fsp3) is 0.500. The van der Waals surface area contributed by atoms with Crippen LogP contribution in [0.2, 0.25) is 0 Å². The van der Waals surface area contributed by atoms with Crippen LogP contribution in [0.5, 0.6) is 0 Å². The molecule has 1 amide bonds. The van der Waals surface area contributed by atoms with Crippen LogP contribution in [0.3, 0.4) is 0 Å². The van der Waals surface area contributed by atoms with Crippen LogP contribution >= 0.6 is 0 Å². The summed E-state index contributed by atoms with van der Waals surface area (Å²) in [6.07, 6.45) is 12.0. The zero-order chi connectivity index (χ0) is 15.3. The van der Waals surface area contributed by atoms with Gasteiger partial charge in [-0.3, -0.25) is 4.79 Å². The van der Waals surface area contributed by atoms with Gasteiger partial charge in [-0.15, -0.1) is 0 Å². The Hall–Kier alpha value is -2.04. The van der Waals surface area contributed by atoms with Crippen molar-refractivity contribution in [2.24, 2.45) is 11.3 Å². The molecule has 0 aromatic rings. The van der Waals surface area contributed by atoms with E-state index in [-0.39, 0.29) is 23.9 Å². The van der Waals surface area contributed by atoms with Crippen molar-refractivity contribution in [3.63, 3.8) is 0 Å². The summed E-state index contributed by atoms with van der Waals surface area (Å²) < 4.78 is 9.95. The standard InChI is InChI=1S/C16H21NO4/c1-17-15(19)21-10-9-16(11-13(16)14(18)20-2)12-7-5-3-4-6-8-12/h3,5-8,13H,4,9-11H2,1-2H3,(H,17,19). The molecule has 2 aliphatic rings. The number of carbonyl (C=O) groups excluding carboxylic acids is 2. The minimum absolute atomic E-state index is 0.154. The lowest BCUT2D eigenvalue weighted by atomic mass is 9.89. The molecule has 0 radical (unpaired) electrons. The molecule has 0 aromatic carbocycles. The zero-order valence-electron chi connectivity index (χ0n) is 12.4. The molecule has 5 heteroatoms. The van der Waals surface area contributed by atoms with E-state index in [4.69, 9.17) is 9.47 Å². The third-order valence-corrected chi connectivity index (χ3v) is 4.10. The highest BCUT2D eigenvalue weighted by atomic mass is 16.5. The van der Waals surface area contributed by atoms with Crippen LogP contribution in [0.1, 0.15) is 19.3 Å². The van der Waals surface area contributed by atoms with Crippen LogP contribution in [0.25, 0.3) is 0 Å². The molecule has 5 nitrogen and oxygen atoms in total. The van der Waals surface area contributed by atoms with E-state index in [2.05, 4.69) is 23.5 Å². The number of ether oxygens (including phenoxy) is 2. The molecular formula is C16H21NO4. The van der Waals surface area contributed by atoms with Crippen molar-refractivity contribution in [3.8, 4) is 0 Å². The summed E-state index contributed by atoms with van der Waals surface area (Å²) >= 11 is 0. The number of alkyl carbamates (subject to hydrolysis) is 1. The van der Waals surface area contributed by atoms with Gasteiger partial charge in [0.25, 0.3) is 0 Å². The number of esters is 1. The van der Waals surface area contributed by atoms with Crippen molar-refractivity contribution in [2.75, 3.05) is 20.8 Å². The fourth-order valence-corrected chi connectivity index (χ4v) is 2.81. The van der Waals surface area contributed by atoms with Gasteiger partial charge in [0.1, 0.15) is 0 Å². The van der Waals surface area contributed by atoms with Gasteiger partial charge in [-0.1, -0.05) is 30.4 Å². The molecule has 0 bridgehead atoms. The maximum atomic E-state index is 11.9. The largest absolute Gasteiger partial charge is 0.469 e. The van der Waals surface area contributed by atoms with E-state index in [1.54, 1.807) is 0 Å². The van der Waals surface area contributed by atoms with Gasteiger partial charge in [-0.05, 0) is 24.8 Å². The molecule has 0 aromatic heterocycles. The minimum atomic E-state index is -0.453. The molecular weight excluding hydrogens is 270 g/mol. The highest BCUT2D eigenvalue weighted by Gasteiger charge is 2.60. The van der Waals surface area contributed by atoms with Gasteiger partial charge in [0.15, 0.2) is 0 Å². The molecule has 0 saturated heterocycles. The van der Waals surface area contributed by atoms with E-state index in [0.29, 0.717) is 6.42 Å². The summed E-state index contributed by atoms with van der Waals surface area (Å²) in [5, 5.41) is 2.41. The molecule has 0 spiro atoms. The first-order valence-electron chi connectivity index (χ1n) is 7.10. The van der Waals surface area contributed by atoms with E-state index in [9.17, 15) is 9.59 Å². The number of carbonyl (C=O) groups is 2. The Kier molecular flexibility index (Phi) is 4.83. The predicted octanol–water partition coefficient (Wildman–Crippen LogP) is 2.35. The second-order valence-electron chi connectivity index (χ2n) is 5.26. The second kappa shape index (κ2) is 6.61. The molecule has 0 aliphatic heterocycles. The third kappa shape index (κ3) is 3.35. The highest BCUT2D eigenvalue weighted by Crippen LogP contribution is 2.61. The minimum Gasteiger partial charge on any atom is -0.469 e. The number of nitrogens with one attached hydrogen (secondary N) is 1. The molecule has 21 heavy (non-hydrogen) atoms. The molecule has 1 fully saturated rings. The van der Waals surface area contributed by atoms with E-state index in [1.165, 1.54) is 14.2 Å². The maximum Gasteiger partial charge on any atom is 0.406 e.